The summed E-state index contributed by atoms with van der Waals surface area (Å²) in [5.74, 6) is -0.00495. The van der Waals surface area contributed by atoms with Crippen LogP contribution >= 0.6 is 0 Å². The van der Waals surface area contributed by atoms with Gasteiger partial charge >= 0.3 is 0 Å². The van der Waals surface area contributed by atoms with E-state index in [1.807, 2.05) is 6.07 Å². The fourth-order valence-electron chi connectivity index (χ4n) is 0.785. The van der Waals surface area contributed by atoms with Crippen molar-refractivity contribution in [3.8, 4) is 6.07 Å². The number of carbonyl (C=O) groups is 1. The van der Waals surface area contributed by atoms with Gasteiger partial charge in [-0.1, -0.05) is 0 Å². The third-order valence-corrected chi connectivity index (χ3v) is 1.60. The molecule has 1 aliphatic carbocycles. The maximum Gasteiger partial charge on any atom is 0.152 e. The molecule has 0 spiro atoms. The lowest BCUT2D eigenvalue weighted by Gasteiger charge is -1.95. The second-order valence-corrected chi connectivity index (χ2v) is 2.53. The topological polar surface area (TPSA) is 40.9 Å². The van der Waals surface area contributed by atoms with Crippen molar-refractivity contribution in [2.24, 2.45) is 11.8 Å². The van der Waals surface area contributed by atoms with Crippen molar-refractivity contribution in [2.45, 2.75) is 19.8 Å². The lowest BCUT2D eigenvalue weighted by Crippen LogP contribution is -2.09. The van der Waals surface area contributed by atoms with Gasteiger partial charge in [-0.2, -0.15) is 5.26 Å². The van der Waals surface area contributed by atoms with Crippen LogP contribution < -0.4 is 0 Å². The van der Waals surface area contributed by atoms with Gasteiger partial charge in [0.2, 0.25) is 0 Å². The number of hydrogen-bond donors (Lipinski definition) is 0. The van der Waals surface area contributed by atoms with Crippen molar-refractivity contribution < 1.29 is 4.79 Å². The zero-order chi connectivity index (χ0) is 6.85. The van der Waals surface area contributed by atoms with Crippen molar-refractivity contribution in [2.75, 3.05) is 0 Å². The van der Waals surface area contributed by atoms with Gasteiger partial charge in [-0.25, -0.2) is 0 Å². The molecular weight excluding hydrogens is 114 g/mol. The summed E-state index contributed by atoms with van der Waals surface area (Å²) in [6, 6.07) is 1.94. The second-order valence-electron chi connectivity index (χ2n) is 2.53. The number of Topliss-reactive ketones (excluding diaryl/α,β-unsaturated/α-hetero) is 1. The molecule has 1 rings (SSSR count). The van der Waals surface area contributed by atoms with Gasteiger partial charge in [-0.3, -0.25) is 4.79 Å². The molecule has 1 fully saturated rings. The zero-order valence-corrected chi connectivity index (χ0v) is 5.42. The Kier molecular flexibility index (Phi) is 1.52. The molecule has 0 aromatic heterocycles. The van der Waals surface area contributed by atoms with Crippen molar-refractivity contribution in [1.82, 2.24) is 0 Å². The van der Waals surface area contributed by atoms with Crippen molar-refractivity contribution in [3.05, 3.63) is 0 Å². The Bertz CT molecular complexity index is 164. The van der Waals surface area contributed by atoms with E-state index >= 15 is 0 Å². The molecule has 1 atom stereocenters. The minimum Gasteiger partial charge on any atom is -0.298 e. The van der Waals surface area contributed by atoms with E-state index < -0.39 is 0 Å². The maximum atomic E-state index is 10.9. The van der Waals surface area contributed by atoms with Crippen LogP contribution in [0.1, 0.15) is 19.8 Å². The van der Waals surface area contributed by atoms with Gasteiger partial charge in [-0.05, 0) is 19.8 Å². The molecule has 1 aliphatic rings. The van der Waals surface area contributed by atoms with Gasteiger partial charge in [0.05, 0.1) is 6.07 Å². The van der Waals surface area contributed by atoms with Crippen molar-refractivity contribution in [3.63, 3.8) is 0 Å². The summed E-state index contributed by atoms with van der Waals surface area (Å²) < 4.78 is 0. The van der Waals surface area contributed by atoms with E-state index in [0.29, 0.717) is 0 Å². The Morgan fingerprint density at radius 1 is 1.78 bits per heavy atom. The van der Waals surface area contributed by atoms with Gasteiger partial charge in [0.25, 0.3) is 0 Å². The van der Waals surface area contributed by atoms with Crippen LogP contribution in [0.3, 0.4) is 0 Å². The normalized spacial score (nSPS) is 20.4. The van der Waals surface area contributed by atoms with Gasteiger partial charge in [0.1, 0.15) is 5.92 Å². The molecule has 48 valence electrons. The Morgan fingerprint density at radius 2 is 2.33 bits per heavy atom. The standard InChI is InChI=1S/C7H9NO/c1-5(4-8)7(9)6-2-3-6/h5-6H,2-3H2,1H3/t5-/m1/s1. The fourth-order valence-corrected chi connectivity index (χ4v) is 0.785. The van der Waals surface area contributed by atoms with Crippen LogP contribution in [-0.4, -0.2) is 5.78 Å². The van der Waals surface area contributed by atoms with Crippen LogP contribution in [0.2, 0.25) is 0 Å². The highest BCUT2D eigenvalue weighted by Gasteiger charge is 2.32. The van der Waals surface area contributed by atoms with Gasteiger partial charge < -0.3 is 0 Å². The summed E-state index contributed by atoms with van der Waals surface area (Å²) in [6.07, 6.45) is 2.01. The van der Waals surface area contributed by atoms with Crippen LogP contribution in [0, 0.1) is 23.2 Å². The SMILES string of the molecule is C[C@H](C#N)C(=O)C1CC1. The van der Waals surface area contributed by atoms with Gasteiger partial charge in [0, 0.05) is 5.92 Å². The first-order chi connectivity index (χ1) is 4.25. The first kappa shape index (κ1) is 6.28. The number of rotatable bonds is 2. The second kappa shape index (κ2) is 2.18. The summed E-state index contributed by atoms with van der Waals surface area (Å²) >= 11 is 0. The molecule has 9 heavy (non-hydrogen) atoms. The molecule has 0 unspecified atom stereocenters. The van der Waals surface area contributed by atoms with Crippen LogP contribution in [-0.2, 0) is 4.79 Å². The van der Waals surface area contributed by atoms with Gasteiger partial charge in [-0.15, -0.1) is 0 Å². The molecule has 0 bridgehead atoms. The van der Waals surface area contributed by atoms with Crippen LogP contribution in [0.4, 0.5) is 0 Å². The van der Waals surface area contributed by atoms with Crippen LogP contribution in [0.15, 0.2) is 0 Å². The average Bonchev–Trinajstić information content (AvgIpc) is 2.66. The van der Waals surface area contributed by atoms with Gasteiger partial charge in [0.15, 0.2) is 5.78 Å². The Morgan fingerprint density at radius 3 is 2.67 bits per heavy atom. The molecular formula is C7H9NO. The van der Waals surface area contributed by atoms with Crippen molar-refractivity contribution >= 4 is 5.78 Å². The van der Waals surface area contributed by atoms with E-state index in [0.717, 1.165) is 12.8 Å². The molecule has 2 heteroatoms. The third kappa shape index (κ3) is 1.29. The lowest BCUT2D eigenvalue weighted by molar-refractivity contribution is -0.122. The molecule has 0 radical (unpaired) electrons. The minimum absolute atomic E-state index is 0.137. The predicted octanol–water partition coefficient (Wildman–Crippen LogP) is 1.13. The smallest absolute Gasteiger partial charge is 0.152 e. The lowest BCUT2D eigenvalue weighted by atomic mass is 10.1. The van der Waals surface area contributed by atoms with E-state index in [1.54, 1.807) is 6.92 Å². The Hall–Kier alpha value is -0.840. The summed E-state index contributed by atoms with van der Waals surface area (Å²) in [5.41, 5.74) is 0. The van der Waals surface area contributed by atoms with E-state index in [-0.39, 0.29) is 17.6 Å². The molecule has 0 saturated heterocycles. The largest absolute Gasteiger partial charge is 0.298 e. The predicted molar refractivity (Wildman–Crippen MR) is 32.5 cm³/mol. The number of hydrogen-bond acceptors (Lipinski definition) is 2. The monoisotopic (exact) mass is 123 g/mol. The highest BCUT2D eigenvalue weighted by Crippen LogP contribution is 2.31. The summed E-state index contributed by atoms with van der Waals surface area (Å²) in [4.78, 5) is 10.9. The number of carbonyl (C=O) groups excluding carboxylic acids is 1. The first-order valence-corrected chi connectivity index (χ1v) is 3.19. The molecule has 0 N–H and O–H groups in total. The number of nitrogens with zero attached hydrogens (tertiary/aromatic N) is 1. The van der Waals surface area contributed by atoms with Crippen LogP contribution in [0.5, 0.6) is 0 Å². The molecule has 2 nitrogen and oxygen atoms in total. The summed E-state index contributed by atoms with van der Waals surface area (Å²) in [6.45, 7) is 1.67. The van der Waals surface area contributed by atoms with E-state index in [4.69, 9.17) is 5.26 Å². The third-order valence-electron chi connectivity index (χ3n) is 1.60. The molecule has 0 aromatic rings. The quantitative estimate of drug-likeness (QED) is 0.552. The molecule has 0 heterocycles. The van der Waals surface area contributed by atoms with E-state index in [9.17, 15) is 4.79 Å². The highest BCUT2D eigenvalue weighted by molar-refractivity contribution is 5.87. The highest BCUT2D eigenvalue weighted by atomic mass is 16.1. The maximum absolute atomic E-state index is 10.9. The van der Waals surface area contributed by atoms with Crippen molar-refractivity contribution in [1.29, 1.82) is 5.26 Å². The Balaban J connectivity index is 2.42. The minimum atomic E-state index is -0.377. The number of ketones is 1. The van der Waals surface area contributed by atoms with E-state index in [1.165, 1.54) is 0 Å². The molecule has 1 saturated carbocycles. The average molecular weight is 123 g/mol. The van der Waals surface area contributed by atoms with Crippen LogP contribution in [0.25, 0.3) is 0 Å². The zero-order valence-electron chi connectivity index (χ0n) is 5.42. The Labute approximate surface area is 54.5 Å². The number of nitriles is 1. The molecule has 0 aromatic carbocycles. The molecule has 0 aliphatic heterocycles. The summed E-state index contributed by atoms with van der Waals surface area (Å²) in [5, 5.41) is 8.31. The molecule has 0 amide bonds. The first-order valence-electron chi connectivity index (χ1n) is 3.19. The summed E-state index contributed by atoms with van der Waals surface area (Å²) in [7, 11) is 0. The van der Waals surface area contributed by atoms with E-state index in [2.05, 4.69) is 0 Å². The fraction of sp³-hybridized carbons (Fsp3) is 0.714.